The molecule has 1 amide bonds. The number of carbonyl (C=O) groups is 1. The van der Waals surface area contributed by atoms with Gasteiger partial charge in [0.2, 0.25) is 11.7 Å². The average molecular weight is 379 g/mol. The van der Waals surface area contributed by atoms with Gasteiger partial charge in [-0.05, 0) is 24.6 Å². The van der Waals surface area contributed by atoms with Crippen LogP contribution in [0.5, 0.6) is 17.2 Å². The average Bonchev–Trinajstić information content (AvgIpc) is 2.63. The summed E-state index contributed by atoms with van der Waals surface area (Å²) in [7, 11) is 4.58. The molecule has 0 aromatic heterocycles. The Kier molecular flexibility index (Phi) is 6.97. The minimum absolute atomic E-state index is 0.134. The Balaban J connectivity index is 1.95. The van der Waals surface area contributed by atoms with E-state index < -0.39 is 0 Å². The van der Waals surface area contributed by atoms with Crippen molar-refractivity contribution in [3.63, 3.8) is 0 Å². The molecule has 0 aliphatic rings. The van der Waals surface area contributed by atoms with E-state index in [1.807, 2.05) is 25.1 Å². The van der Waals surface area contributed by atoms with Gasteiger partial charge < -0.3 is 24.8 Å². The number of hydrogen-bond donors (Lipinski definition) is 2. The highest BCUT2D eigenvalue weighted by Gasteiger charge is 2.14. The number of nitrogens with one attached hydrogen (secondary N) is 2. The second-order valence-corrected chi connectivity index (χ2v) is 6.01. The maximum absolute atomic E-state index is 12.2. The van der Waals surface area contributed by atoms with E-state index in [0.717, 1.165) is 11.3 Å². The molecule has 0 aliphatic carbocycles. The van der Waals surface area contributed by atoms with Crippen molar-refractivity contribution in [1.29, 1.82) is 0 Å². The zero-order valence-corrected chi connectivity index (χ0v) is 16.1. The molecule has 2 aromatic carbocycles. The quantitative estimate of drug-likeness (QED) is 0.723. The van der Waals surface area contributed by atoms with Crippen LogP contribution in [0.3, 0.4) is 0 Å². The molecule has 0 saturated carbocycles. The summed E-state index contributed by atoms with van der Waals surface area (Å²) in [5, 5.41) is 6.70. The molecule has 0 radical (unpaired) electrons. The van der Waals surface area contributed by atoms with Crippen molar-refractivity contribution in [3.8, 4) is 17.2 Å². The standard InChI is InChI=1S/C19H23ClN2O4/c1-12-5-6-13(9-15(12)20)21-8-7-18(23)22-14-10-16(24-2)19(26-4)17(11-14)25-3/h5-6,9-11,21H,7-8H2,1-4H3,(H,22,23). The number of benzene rings is 2. The van der Waals surface area contributed by atoms with Crippen LogP contribution in [0.4, 0.5) is 11.4 Å². The maximum atomic E-state index is 12.2. The van der Waals surface area contributed by atoms with Gasteiger partial charge in [-0.3, -0.25) is 4.79 Å². The smallest absolute Gasteiger partial charge is 0.226 e. The second-order valence-electron chi connectivity index (χ2n) is 5.60. The van der Waals surface area contributed by atoms with Crippen LogP contribution in [0, 0.1) is 6.92 Å². The molecule has 0 unspecified atom stereocenters. The third-order valence-electron chi connectivity index (χ3n) is 3.80. The van der Waals surface area contributed by atoms with E-state index in [-0.39, 0.29) is 5.91 Å². The van der Waals surface area contributed by atoms with Gasteiger partial charge >= 0.3 is 0 Å². The Morgan fingerprint density at radius 1 is 1.00 bits per heavy atom. The number of halogens is 1. The van der Waals surface area contributed by atoms with E-state index in [0.29, 0.717) is 40.9 Å². The zero-order chi connectivity index (χ0) is 19.1. The molecular weight excluding hydrogens is 356 g/mol. The first-order chi connectivity index (χ1) is 12.5. The van der Waals surface area contributed by atoms with E-state index in [4.69, 9.17) is 25.8 Å². The zero-order valence-electron chi connectivity index (χ0n) is 15.3. The number of methoxy groups -OCH3 is 3. The number of anilines is 2. The lowest BCUT2D eigenvalue weighted by Crippen LogP contribution is -2.16. The van der Waals surface area contributed by atoms with Gasteiger partial charge in [-0.1, -0.05) is 17.7 Å². The highest BCUT2D eigenvalue weighted by Crippen LogP contribution is 2.39. The summed E-state index contributed by atoms with van der Waals surface area (Å²) in [6.07, 6.45) is 0.294. The first-order valence-electron chi connectivity index (χ1n) is 8.08. The molecule has 0 fully saturated rings. The van der Waals surface area contributed by atoms with Crippen molar-refractivity contribution in [2.45, 2.75) is 13.3 Å². The van der Waals surface area contributed by atoms with Gasteiger partial charge in [0.15, 0.2) is 11.5 Å². The van der Waals surface area contributed by atoms with Crippen LogP contribution in [-0.4, -0.2) is 33.8 Å². The molecule has 0 aliphatic heterocycles. The third kappa shape index (κ3) is 4.95. The van der Waals surface area contributed by atoms with Crippen molar-refractivity contribution in [2.24, 2.45) is 0 Å². The van der Waals surface area contributed by atoms with Crippen LogP contribution in [-0.2, 0) is 4.79 Å². The monoisotopic (exact) mass is 378 g/mol. The SMILES string of the molecule is COc1cc(NC(=O)CCNc2ccc(C)c(Cl)c2)cc(OC)c1OC. The summed E-state index contributed by atoms with van der Waals surface area (Å²) in [6.45, 7) is 2.42. The topological polar surface area (TPSA) is 68.8 Å². The van der Waals surface area contributed by atoms with E-state index in [1.54, 1.807) is 12.1 Å². The van der Waals surface area contributed by atoms with Crippen LogP contribution in [0.15, 0.2) is 30.3 Å². The van der Waals surface area contributed by atoms with E-state index in [1.165, 1.54) is 21.3 Å². The minimum Gasteiger partial charge on any atom is -0.493 e. The Hall–Kier alpha value is -2.60. The van der Waals surface area contributed by atoms with Crippen LogP contribution >= 0.6 is 11.6 Å². The normalized spacial score (nSPS) is 10.2. The number of aryl methyl sites for hydroxylation is 1. The van der Waals surface area contributed by atoms with E-state index in [9.17, 15) is 4.79 Å². The highest BCUT2D eigenvalue weighted by molar-refractivity contribution is 6.31. The van der Waals surface area contributed by atoms with Gasteiger partial charge in [-0.25, -0.2) is 0 Å². The van der Waals surface area contributed by atoms with Crippen molar-refractivity contribution in [1.82, 2.24) is 0 Å². The fourth-order valence-electron chi connectivity index (χ4n) is 2.40. The lowest BCUT2D eigenvalue weighted by atomic mass is 10.2. The molecule has 0 heterocycles. The number of hydrogen-bond acceptors (Lipinski definition) is 5. The molecule has 0 atom stereocenters. The summed E-state index contributed by atoms with van der Waals surface area (Å²) < 4.78 is 15.8. The number of rotatable bonds is 8. The lowest BCUT2D eigenvalue weighted by molar-refractivity contribution is -0.115. The number of amides is 1. The summed E-state index contributed by atoms with van der Waals surface area (Å²) in [6, 6.07) is 9.08. The maximum Gasteiger partial charge on any atom is 0.226 e. The van der Waals surface area contributed by atoms with Crippen LogP contribution < -0.4 is 24.8 Å². The molecule has 2 N–H and O–H groups in total. The van der Waals surface area contributed by atoms with Crippen molar-refractivity contribution < 1.29 is 19.0 Å². The molecule has 6 nitrogen and oxygen atoms in total. The second kappa shape index (κ2) is 9.20. The summed E-state index contributed by atoms with van der Waals surface area (Å²) in [5.41, 5.74) is 2.46. The van der Waals surface area contributed by atoms with Gasteiger partial charge in [0.05, 0.1) is 21.3 Å². The van der Waals surface area contributed by atoms with Crippen molar-refractivity contribution >= 4 is 28.9 Å². The first-order valence-corrected chi connectivity index (χ1v) is 8.46. The Bertz CT molecular complexity index is 755. The van der Waals surface area contributed by atoms with Crippen LogP contribution in [0.1, 0.15) is 12.0 Å². The fraction of sp³-hybridized carbons (Fsp3) is 0.316. The Morgan fingerprint density at radius 3 is 2.19 bits per heavy atom. The molecule has 0 spiro atoms. The van der Waals surface area contributed by atoms with Gasteiger partial charge in [0.1, 0.15) is 0 Å². The summed E-state index contributed by atoms with van der Waals surface area (Å²) in [5.74, 6) is 1.31. The van der Waals surface area contributed by atoms with Crippen molar-refractivity contribution in [3.05, 3.63) is 40.9 Å². The Morgan fingerprint density at radius 2 is 1.65 bits per heavy atom. The Labute approximate surface area is 158 Å². The van der Waals surface area contributed by atoms with E-state index in [2.05, 4.69) is 10.6 Å². The van der Waals surface area contributed by atoms with Gasteiger partial charge in [0, 0.05) is 41.5 Å². The third-order valence-corrected chi connectivity index (χ3v) is 4.21. The largest absolute Gasteiger partial charge is 0.493 e. The number of carbonyl (C=O) groups excluding carboxylic acids is 1. The van der Waals surface area contributed by atoms with Crippen LogP contribution in [0.2, 0.25) is 5.02 Å². The summed E-state index contributed by atoms with van der Waals surface area (Å²) >= 11 is 6.09. The molecule has 140 valence electrons. The van der Waals surface area contributed by atoms with Gasteiger partial charge in [-0.15, -0.1) is 0 Å². The molecule has 0 bridgehead atoms. The lowest BCUT2D eigenvalue weighted by Gasteiger charge is -2.14. The van der Waals surface area contributed by atoms with Gasteiger partial charge in [0.25, 0.3) is 0 Å². The fourth-order valence-corrected chi connectivity index (χ4v) is 2.58. The molecule has 2 aromatic rings. The summed E-state index contributed by atoms with van der Waals surface area (Å²) in [4.78, 5) is 12.2. The van der Waals surface area contributed by atoms with Crippen LogP contribution in [0.25, 0.3) is 0 Å². The highest BCUT2D eigenvalue weighted by atomic mass is 35.5. The predicted molar refractivity (Wildman–Crippen MR) is 104 cm³/mol. The van der Waals surface area contributed by atoms with E-state index >= 15 is 0 Å². The molecule has 7 heteroatoms. The predicted octanol–water partition coefficient (Wildman–Crippen LogP) is 4.11. The molecule has 26 heavy (non-hydrogen) atoms. The minimum atomic E-state index is -0.134. The number of ether oxygens (including phenoxy) is 3. The molecule has 2 rings (SSSR count). The molecular formula is C19H23ClN2O4. The molecule has 0 saturated heterocycles. The first kappa shape index (κ1) is 19.7. The van der Waals surface area contributed by atoms with Crippen molar-refractivity contribution in [2.75, 3.05) is 38.5 Å². The van der Waals surface area contributed by atoms with Gasteiger partial charge in [-0.2, -0.15) is 0 Å².